The van der Waals surface area contributed by atoms with Crippen molar-refractivity contribution < 1.29 is 19.8 Å². The second-order valence-electron chi connectivity index (χ2n) is 12.9. The minimum Gasteiger partial charge on any atom is -0.508 e. The number of phenolic OH excluding ortho intramolecular Hbond substituents is 1. The Bertz CT molecular complexity index is 950. The summed E-state index contributed by atoms with van der Waals surface area (Å²) in [5, 5.41) is 18.2. The van der Waals surface area contributed by atoms with E-state index in [0.717, 1.165) is 44.9 Å². The molecule has 40 heavy (non-hydrogen) atoms. The van der Waals surface area contributed by atoms with Gasteiger partial charge in [-0.05, 0) is 105 Å². The molecular weight excluding hydrogens is 496 g/mol. The zero-order chi connectivity index (χ0) is 28.8. The van der Waals surface area contributed by atoms with Crippen molar-refractivity contribution in [3.63, 3.8) is 0 Å². The molecule has 0 spiro atoms. The van der Waals surface area contributed by atoms with Crippen molar-refractivity contribution in [3.8, 4) is 5.75 Å². The predicted molar refractivity (Wildman–Crippen MR) is 165 cm³/mol. The summed E-state index contributed by atoms with van der Waals surface area (Å²) < 4.78 is 0. The van der Waals surface area contributed by atoms with Gasteiger partial charge >= 0.3 is 5.97 Å². The Labute approximate surface area is 244 Å². The lowest BCUT2D eigenvalue weighted by molar-refractivity contribution is -0.137. The van der Waals surface area contributed by atoms with Crippen LogP contribution in [-0.4, -0.2) is 22.0 Å². The van der Waals surface area contributed by atoms with Gasteiger partial charge in [0.2, 0.25) is 0 Å². The van der Waals surface area contributed by atoms with Crippen molar-refractivity contribution in [1.82, 2.24) is 0 Å². The van der Waals surface area contributed by atoms with Crippen LogP contribution in [0.2, 0.25) is 0 Å². The highest BCUT2D eigenvalue weighted by Crippen LogP contribution is 2.59. The van der Waals surface area contributed by atoms with Gasteiger partial charge in [0.1, 0.15) is 11.5 Å². The Morgan fingerprint density at radius 3 is 2.23 bits per heavy atom. The molecule has 4 heteroatoms. The number of ketones is 1. The highest BCUT2D eigenvalue weighted by Gasteiger charge is 2.54. The number of allylic oxidation sites excluding steroid dienone is 2. The third-order valence-corrected chi connectivity index (χ3v) is 10.1. The average molecular weight is 553 g/mol. The molecule has 1 aromatic carbocycles. The first kappa shape index (κ1) is 32.4. The average Bonchev–Trinajstić information content (AvgIpc) is 3.25. The molecule has 2 fully saturated rings. The normalized spacial score (nSPS) is 25.1. The fraction of sp³-hybridized carbons (Fsp3) is 0.722. The van der Waals surface area contributed by atoms with Gasteiger partial charge in [0.05, 0.1) is 0 Å². The number of carbonyl (C=O) groups is 2. The first-order valence-electron chi connectivity index (χ1n) is 16.6. The molecule has 0 unspecified atom stereocenters. The highest BCUT2D eigenvalue weighted by atomic mass is 16.4. The maximum atomic E-state index is 12.3. The molecule has 224 valence electrons. The van der Waals surface area contributed by atoms with Crippen LogP contribution in [0.3, 0.4) is 0 Å². The third-order valence-electron chi connectivity index (χ3n) is 10.1. The second kappa shape index (κ2) is 17.0. The number of aliphatic carboxylic acids is 1. The lowest BCUT2D eigenvalue weighted by Crippen LogP contribution is -2.42. The molecule has 0 bridgehead atoms. The Balaban J connectivity index is 0.000000220. The van der Waals surface area contributed by atoms with Gasteiger partial charge in [-0.3, -0.25) is 9.59 Å². The number of aromatic hydroxyl groups is 1. The predicted octanol–water partition coefficient (Wildman–Crippen LogP) is 9.93. The maximum Gasteiger partial charge on any atom is 0.303 e. The van der Waals surface area contributed by atoms with Crippen molar-refractivity contribution in [2.75, 3.05) is 0 Å². The number of unbranched alkanes of at least 4 members (excludes halogenated alkanes) is 11. The van der Waals surface area contributed by atoms with E-state index < -0.39 is 5.97 Å². The number of benzene rings is 1. The van der Waals surface area contributed by atoms with Crippen molar-refractivity contribution in [1.29, 1.82) is 0 Å². The summed E-state index contributed by atoms with van der Waals surface area (Å²) in [6.07, 6.45) is 27.6. The molecule has 0 heterocycles. The summed E-state index contributed by atoms with van der Waals surface area (Å²) in [5.41, 5.74) is 2.75. The lowest BCUT2D eigenvalue weighted by atomic mass is 9.55. The summed E-state index contributed by atoms with van der Waals surface area (Å²) in [5.74, 6) is 2.12. The smallest absolute Gasteiger partial charge is 0.303 e. The Morgan fingerprint density at radius 2 is 1.55 bits per heavy atom. The van der Waals surface area contributed by atoms with Crippen molar-refractivity contribution in [2.45, 2.75) is 148 Å². The maximum absolute atomic E-state index is 12.3. The van der Waals surface area contributed by atoms with Gasteiger partial charge in [0, 0.05) is 18.3 Å². The van der Waals surface area contributed by atoms with Crippen LogP contribution < -0.4 is 0 Å². The van der Waals surface area contributed by atoms with Gasteiger partial charge in [-0.1, -0.05) is 83.4 Å². The number of rotatable bonds is 15. The molecule has 4 rings (SSSR count). The molecule has 0 saturated heterocycles. The topological polar surface area (TPSA) is 74.6 Å². The molecule has 2 N–H and O–H groups in total. The van der Waals surface area contributed by atoms with Crippen LogP contribution in [0.1, 0.15) is 153 Å². The largest absolute Gasteiger partial charge is 0.508 e. The minimum absolute atomic E-state index is 0.0322. The quantitative estimate of drug-likeness (QED) is 0.168. The van der Waals surface area contributed by atoms with Gasteiger partial charge < -0.3 is 10.2 Å². The Kier molecular flexibility index (Phi) is 13.8. The molecule has 4 nitrogen and oxygen atoms in total. The Morgan fingerprint density at radius 1 is 0.900 bits per heavy atom. The SMILES string of the molecule is CCCCCCCCC=CCCCCCCCC(=O)O.C[C@]12CC[C@@H]3c4ccc(O)cc4CC[C@H]3[C@@H]1CCC2=O. The van der Waals surface area contributed by atoms with Crippen LogP contribution in [0.4, 0.5) is 0 Å². The fourth-order valence-electron chi connectivity index (χ4n) is 7.69. The van der Waals surface area contributed by atoms with Crippen molar-refractivity contribution >= 4 is 11.8 Å². The summed E-state index contributed by atoms with van der Waals surface area (Å²) in [7, 11) is 0. The number of fused-ring (bicyclic) bond motifs is 5. The highest BCUT2D eigenvalue weighted by molar-refractivity contribution is 5.87. The van der Waals surface area contributed by atoms with Crippen molar-refractivity contribution in [2.24, 2.45) is 17.3 Å². The molecule has 2 saturated carbocycles. The van der Waals surface area contributed by atoms with E-state index in [1.54, 1.807) is 0 Å². The van der Waals surface area contributed by atoms with E-state index in [9.17, 15) is 14.7 Å². The van der Waals surface area contributed by atoms with Crippen molar-refractivity contribution in [3.05, 3.63) is 41.5 Å². The monoisotopic (exact) mass is 552 g/mol. The molecule has 4 atom stereocenters. The van der Waals surface area contributed by atoms with E-state index in [-0.39, 0.29) is 5.41 Å². The zero-order valence-corrected chi connectivity index (χ0v) is 25.5. The molecule has 0 radical (unpaired) electrons. The van der Waals surface area contributed by atoms with Gasteiger partial charge in [0.15, 0.2) is 0 Å². The number of carbonyl (C=O) groups excluding carboxylic acids is 1. The second-order valence-corrected chi connectivity index (χ2v) is 12.9. The van der Waals surface area contributed by atoms with Crippen LogP contribution in [0.25, 0.3) is 0 Å². The number of hydrogen-bond acceptors (Lipinski definition) is 3. The summed E-state index contributed by atoms with van der Waals surface area (Å²) in [4.78, 5) is 22.6. The summed E-state index contributed by atoms with van der Waals surface area (Å²) in [6.45, 7) is 4.48. The lowest BCUT2D eigenvalue weighted by Gasteiger charge is -2.48. The first-order valence-corrected chi connectivity index (χ1v) is 16.6. The van der Waals surface area contributed by atoms with E-state index >= 15 is 0 Å². The van der Waals surface area contributed by atoms with E-state index in [1.165, 1.54) is 88.2 Å². The number of carboxylic acids is 1. The van der Waals surface area contributed by atoms with E-state index in [1.807, 2.05) is 12.1 Å². The number of hydrogen-bond donors (Lipinski definition) is 2. The Hall–Kier alpha value is -2.10. The fourth-order valence-corrected chi connectivity index (χ4v) is 7.69. The van der Waals surface area contributed by atoms with E-state index in [0.29, 0.717) is 35.7 Å². The van der Waals surface area contributed by atoms with Crippen LogP contribution in [-0.2, 0) is 16.0 Å². The van der Waals surface area contributed by atoms with E-state index in [2.05, 4.69) is 32.1 Å². The minimum atomic E-state index is -0.664. The molecule has 3 aliphatic carbocycles. The third kappa shape index (κ3) is 9.48. The standard InChI is InChI=1S/C18H22O2.C18H34O2/c1-18-9-8-14-13-5-3-12(19)10-11(13)2-4-15(14)16(18)6-7-17(18)20;1-2-3-4-5-6-7-8-9-10-11-12-13-14-15-16-17-18(19)20/h3,5,10,14-16,19H,2,4,6-9H2,1H3;9-10H,2-8,11-17H2,1H3,(H,19,20)/t14-,15-,16+,18+;/m1./s1. The van der Waals surface area contributed by atoms with Gasteiger partial charge in [-0.2, -0.15) is 0 Å². The summed E-state index contributed by atoms with van der Waals surface area (Å²) in [6, 6.07) is 5.90. The van der Waals surface area contributed by atoms with Crippen LogP contribution in [0.5, 0.6) is 5.75 Å². The van der Waals surface area contributed by atoms with Crippen LogP contribution in [0.15, 0.2) is 30.4 Å². The van der Waals surface area contributed by atoms with E-state index in [4.69, 9.17) is 5.11 Å². The molecule has 0 amide bonds. The number of aryl methyl sites for hydroxylation is 1. The zero-order valence-electron chi connectivity index (χ0n) is 25.5. The first-order chi connectivity index (χ1) is 19.4. The van der Waals surface area contributed by atoms with Gasteiger partial charge in [-0.15, -0.1) is 0 Å². The summed E-state index contributed by atoms with van der Waals surface area (Å²) >= 11 is 0. The molecule has 0 aliphatic heterocycles. The molecular formula is C36H56O4. The van der Waals surface area contributed by atoms with Gasteiger partial charge in [-0.25, -0.2) is 0 Å². The molecule has 1 aromatic rings. The molecule has 3 aliphatic rings. The number of carboxylic acid groups (broad SMARTS) is 1. The van der Waals surface area contributed by atoms with Gasteiger partial charge in [0.25, 0.3) is 0 Å². The van der Waals surface area contributed by atoms with Crippen LogP contribution >= 0.6 is 0 Å². The number of phenols is 1. The number of Topliss-reactive ketones (excluding diaryl/α,β-unsaturated/α-hetero) is 1. The molecule has 0 aromatic heterocycles. The van der Waals surface area contributed by atoms with Crippen LogP contribution in [0, 0.1) is 17.3 Å².